The first-order valence-corrected chi connectivity index (χ1v) is 3.92. The molecule has 0 aromatic carbocycles. The van der Waals surface area contributed by atoms with Crippen molar-refractivity contribution in [3.63, 3.8) is 0 Å². The van der Waals surface area contributed by atoms with Crippen molar-refractivity contribution in [1.82, 2.24) is 4.98 Å². The number of aromatic nitrogens is 1. The van der Waals surface area contributed by atoms with Gasteiger partial charge >= 0.3 is 0 Å². The minimum absolute atomic E-state index is 0.0780. The monoisotopic (exact) mass is 158 g/mol. The Morgan fingerprint density at radius 2 is 2.60 bits per heavy atom. The van der Waals surface area contributed by atoms with Gasteiger partial charge in [0.25, 0.3) is 5.19 Å². The molecule has 1 rings (SSSR count). The molecule has 0 spiro atoms. The highest BCUT2D eigenvalue weighted by atomic mass is 32.1. The van der Waals surface area contributed by atoms with Crippen molar-refractivity contribution in [2.45, 2.75) is 6.42 Å². The van der Waals surface area contributed by atoms with Gasteiger partial charge in [-0.05, 0) is 0 Å². The molecule has 1 aromatic rings. The molecule has 0 aliphatic rings. The summed E-state index contributed by atoms with van der Waals surface area (Å²) in [6.07, 6.45) is 2.23. The van der Waals surface area contributed by atoms with Gasteiger partial charge in [-0.3, -0.25) is 0 Å². The molecule has 0 N–H and O–H groups in total. The summed E-state index contributed by atoms with van der Waals surface area (Å²) in [4.78, 5) is 3.88. The van der Waals surface area contributed by atoms with Crippen LogP contribution in [0.5, 0.6) is 5.19 Å². The van der Waals surface area contributed by atoms with Gasteiger partial charge < -0.3 is 4.74 Å². The quantitative estimate of drug-likeness (QED) is 0.620. The van der Waals surface area contributed by atoms with Gasteiger partial charge in [0.2, 0.25) is 0 Å². The molecular weight excluding hydrogens is 150 g/mol. The predicted octanol–water partition coefficient (Wildman–Crippen LogP) is 1.34. The Morgan fingerprint density at radius 3 is 3.20 bits per heavy atom. The maximum Gasteiger partial charge on any atom is 0.273 e. The van der Waals surface area contributed by atoms with E-state index in [2.05, 4.69) is 4.98 Å². The molecule has 1 aromatic heterocycles. The Bertz CT molecular complexity index is 164. The standard InChI is InChI=1S/C6H8NO2S/c8-3-1-4-9-6-7-2-5-10-6/h2,5H,1,3-4H2. The third-order valence-corrected chi connectivity index (χ3v) is 1.61. The summed E-state index contributed by atoms with van der Waals surface area (Å²) < 4.78 is 5.09. The van der Waals surface area contributed by atoms with E-state index in [1.54, 1.807) is 6.20 Å². The smallest absolute Gasteiger partial charge is 0.273 e. The highest BCUT2D eigenvalue weighted by molar-refractivity contribution is 7.11. The molecule has 55 valence electrons. The zero-order valence-electron chi connectivity index (χ0n) is 5.45. The van der Waals surface area contributed by atoms with Gasteiger partial charge in [-0.25, -0.2) is 10.1 Å². The average molecular weight is 158 g/mol. The van der Waals surface area contributed by atoms with E-state index >= 15 is 0 Å². The Hall–Kier alpha value is -0.610. The van der Waals surface area contributed by atoms with E-state index in [0.29, 0.717) is 18.2 Å². The fraction of sp³-hybridized carbons (Fsp3) is 0.500. The molecule has 0 unspecified atom stereocenters. The number of nitrogens with zero attached hydrogens (tertiary/aromatic N) is 1. The maximum absolute atomic E-state index is 9.96. The molecule has 0 atom stereocenters. The predicted molar refractivity (Wildman–Crippen MR) is 37.8 cm³/mol. The van der Waals surface area contributed by atoms with E-state index in [9.17, 15) is 5.11 Å². The molecule has 0 aliphatic carbocycles. The van der Waals surface area contributed by atoms with Crippen LogP contribution in [0.15, 0.2) is 11.6 Å². The molecule has 0 fully saturated rings. The fourth-order valence-corrected chi connectivity index (χ4v) is 1.01. The lowest BCUT2D eigenvalue weighted by Gasteiger charge is -1.96. The van der Waals surface area contributed by atoms with Crippen LogP contribution in [0.1, 0.15) is 6.42 Å². The van der Waals surface area contributed by atoms with Crippen LogP contribution >= 0.6 is 11.3 Å². The highest BCUT2D eigenvalue weighted by Gasteiger charge is 1.93. The van der Waals surface area contributed by atoms with Gasteiger partial charge in [0.1, 0.15) is 0 Å². The largest absolute Gasteiger partial charge is 0.470 e. The SMILES string of the molecule is [O]CCCOc1nccs1. The van der Waals surface area contributed by atoms with Gasteiger partial charge in [-0.2, -0.15) is 0 Å². The van der Waals surface area contributed by atoms with Gasteiger partial charge in [0.05, 0.1) is 13.2 Å². The van der Waals surface area contributed by atoms with Crippen LogP contribution in [0.2, 0.25) is 0 Å². The summed E-state index contributed by atoms with van der Waals surface area (Å²) in [5, 5.41) is 12.4. The third-order valence-electron chi connectivity index (χ3n) is 0.924. The van der Waals surface area contributed by atoms with E-state index in [4.69, 9.17) is 4.74 Å². The van der Waals surface area contributed by atoms with Crippen LogP contribution in [0.25, 0.3) is 0 Å². The van der Waals surface area contributed by atoms with Crippen molar-refractivity contribution < 1.29 is 9.84 Å². The Balaban J connectivity index is 2.15. The van der Waals surface area contributed by atoms with Gasteiger partial charge in [-0.1, -0.05) is 11.3 Å². The molecule has 0 bridgehead atoms. The summed E-state index contributed by atoms with van der Waals surface area (Å²) in [7, 11) is 0. The molecule has 0 amide bonds. The molecule has 3 nitrogen and oxygen atoms in total. The van der Waals surface area contributed by atoms with Crippen molar-refractivity contribution in [1.29, 1.82) is 0 Å². The zero-order valence-corrected chi connectivity index (χ0v) is 6.26. The molecule has 0 saturated carbocycles. The number of ether oxygens (including phenoxy) is 1. The summed E-state index contributed by atoms with van der Waals surface area (Å²) in [6.45, 7) is 0.405. The van der Waals surface area contributed by atoms with Gasteiger partial charge in [0, 0.05) is 18.0 Å². The zero-order chi connectivity index (χ0) is 7.23. The third kappa shape index (κ3) is 2.33. The number of hydrogen-bond donors (Lipinski definition) is 0. The molecular formula is C6H8NO2S. The fourth-order valence-electron chi connectivity index (χ4n) is 0.500. The van der Waals surface area contributed by atoms with Crippen molar-refractivity contribution in [3.8, 4) is 5.19 Å². The lowest BCUT2D eigenvalue weighted by Crippen LogP contribution is -1.98. The summed E-state index contributed by atoms with van der Waals surface area (Å²) in [5.41, 5.74) is 0. The number of hydrogen-bond acceptors (Lipinski definition) is 3. The van der Waals surface area contributed by atoms with E-state index < -0.39 is 0 Å². The topological polar surface area (TPSA) is 42.0 Å². The van der Waals surface area contributed by atoms with Crippen molar-refractivity contribution in [3.05, 3.63) is 11.6 Å². The lowest BCUT2D eigenvalue weighted by atomic mass is 10.5. The lowest BCUT2D eigenvalue weighted by molar-refractivity contribution is 0.165. The molecule has 1 heterocycles. The van der Waals surface area contributed by atoms with Crippen LogP contribution in [0.3, 0.4) is 0 Å². The van der Waals surface area contributed by atoms with Crippen LogP contribution in [0, 0.1) is 0 Å². The van der Waals surface area contributed by atoms with Crippen molar-refractivity contribution >= 4 is 11.3 Å². The minimum Gasteiger partial charge on any atom is -0.470 e. The Morgan fingerprint density at radius 1 is 1.70 bits per heavy atom. The molecule has 10 heavy (non-hydrogen) atoms. The van der Waals surface area contributed by atoms with E-state index in [1.807, 2.05) is 5.38 Å². The summed E-state index contributed by atoms with van der Waals surface area (Å²) >= 11 is 1.44. The van der Waals surface area contributed by atoms with Crippen LogP contribution < -0.4 is 4.74 Å². The van der Waals surface area contributed by atoms with Crippen LogP contribution in [0.4, 0.5) is 0 Å². The number of thiazole rings is 1. The van der Waals surface area contributed by atoms with Crippen LogP contribution in [-0.4, -0.2) is 18.2 Å². The second kappa shape index (κ2) is 4.24. The van der Waals surface area contributed by atoms with Crippen molar-refractivity contribution in [2.75, 3.05) is 13.2 Å². The average Bonchev–Trinajstić information content (AvgIpc) is 2.41. The molecule has 1 radical (unpaired) electrons. The first-order valence-electron chi connectivity index (χ1n) is 3.04. The summed E-state index contributed by atoms with van der Waals surface area (Å²) in [6, 6.07) is 0. The highest BCUT2D eigenvalue weighted by Crippen LogP contribution is 2.12. The summed E-state index contributed by atoms with van der Waals surface area (Å²) in [5.74, 6) is 0. The van der Waals surface area contributed by atoms with E-state index in [-0.39, 0.29) is 6.61 Å². The van der Waals surface area contributed by atoms with E-state index in [0.717, 1.165) is 0 Å². The molecule has 4 heteroatoms. The minimum atomic E-state index is -0.0780. The van der Waals surface area contributed by atoms with Gasteiger partial charge in [-0.15, -0.1) is 0 Å². The van der Waals surface area contributed by atoms with E-state index in [1.165, 1.54) is 11.3 Å². The first kappa shape index (κ1) is 7.50. The Kier molecular flexibility index (Phi) is 3.18. The molecule has 0 aliphatic heterocycles. The second-order valence-corrected chi connectivity index (χ2v) is 2.56. The maximum atomic E-state index is 9.96. The Labute approximate surface area is 63.3 Å². The second-order valence-electron chi connectivity index (χ2n) is 1.70. The number of rotatable bonds is 4. The normalized spacial score (nSPS) is 9.70. The molecule has 0 saturated heterocycles. The first-order chi connectivity index (χ1) is 4.93. The van der Waals surface area contributed by atoms with Crippen LogP contribution in [-0.2, 0) is 5.11 Å². The van der Waals surface area contributed by atoms with Crippen molar-refractivity contribution in [2.24, 2.45) is 0 Å². The van der Waals surface area contributed by atoms with Gasteiger partial charge in [0.15, 0.2) is 0 Å².